The van der Waals surface area contributed by atoms with E-state index in [1.807, 2.05) is 30.2 Å². The monoisotopic (exact) mass is 469 g/mol. The Bertz CT molecular complexity index is 671. The molecule has 1 rings (SSSR count). The Morgan fingerprint density at radius 3 is 2.42 bits per heavy atom. The number of unbranched alkanes of at least 4 members (excludes halogenated alkanes) is 3. The normalized spacial score (nSPS) is 11.1. The highest BCUT2D eigenvalue weighted by molar-refractivity contribution is 8.13. The van der Waals surface area contributed by atoms with Gasteiger partial charge >= 0.3 is 11.8 Å². The average Bonchev–Trinajstić information content (AvgIpc) is 2.79. The fourth-order valence-electron chi connectivity index (χ4n) is 2.41. The summed E-state index contributed by atoms with van der Waals surface area (Å²) in [5.41, 5.74) is 6.57. The van der Waals surface area contributed by atoms with Crippen LogP contribution >= 0.6 is 23.5 Å². The molecule has 0 aliphatic rings. The van der Waals surface area contributed by atoms with Crippen molar-refractivity contribution >= 4 is 51.9 Å². The number of amidine groups is 1. The number of rotatable bonds is 14. The summed E-state index contributed by atoms with van der Waals surface area (Å²) >= 11 is 3.52. The summed E-state index contributed by atoms with van der Waals surface area (Å²) in [4.78, 5) is 27.9. The zero-order valence-corrected chi connectivity index (χ0v) is 20.0. The first-order chi connectivity index (χ1) is 15.1. The lowest BCUT2D eigenvalue weighted by Crippen LogP contribution is -2.42. The Kier molecular flexibility index (Phi) is 15.5. The van der Waals surface area contributed by atoms with Crippen LogP contribution in [0.2, 0.25) is 0 Å². The van der Waals surface area contributed by atoms with Crippen molar-refractivity contribution in [2.45, 2.75) is 39.0 Å². The van der Waals surface area contributed by atoms with E-state index in [1.54, 1.807) is 23.9 Å². The number of hydrogen-bond acceptors (Lipinski definition) is 7. The minimum atomic E-state index is -0.792. The first-order valence-corrected chi connectivity index (χ1v) is 13.0. The second kappa shape index (κ2) is 17.7. The number of aliphatic hydroxyl groups excluding tert-OH is 1. The van der Waals surface area contributed by atoms with E-state index in [4.69, 9.17) is 5.11 Å². The van der Waals surface area contributed by atoms with Crippen LogP contribution in [-0.4, -0.2) is 59.5 Å². The number of nitrogens with zero attached hydrogens (tertiary/aromatic N) is 1. The molecule has 1 aromatic carbocycles. The maximum absolute atomic E-state index is 11.7. The van der Waals surface area contributed by atoms with Crippen LogP contribution in [0.4, 0.5) is 11.4 Å². The Morgan fingerprint density at radius 1 is 1.00 bits per heavy atom. The lowest BCUT2D eigenvalue weighted by atomic mass is 10.2. The van der Waals surface area contributed by atoms with E-state index in [2.05, 4.69) is 33.4 Å². The first-order valence-electron chi connectivity index (χ1n) is 10.6. The SMILES string of the molecule is CCCCCCSCCN=C(Nc1ccc(NNC(=O)C(=O)NCCCO)cc1)SC. The second-order valence-corrected chi connectivity index (χ2v) is 8.70. The maximum atomic E-state index is 11.7. The topological polar surface area (TPSA) is 115 Å². The highest BCUT2D eigenvalue weighted by Crippen LogP contribution is 2.15. The number of hydrogen-bond donors (Lipinski definition) is 5. The van der Waals surface area contributed by atoms with Gasteiger partial charge in [0.05, 0.1) is 12.2 Å². The number of aliphatic imine (C=N–C) groups is 1. The van der Waals surface area contributed by atoms with Gasteiger partial charge in [-0.2, -0.15) is 11.8 Å². The molecule has 0 saturated heterocycles. The van der Waals surface area contributed by atoms with Crippen molar-refractivity contribution in [2.75, 3.05) is 48.2 Å². The quantitative estimate of drug-likeness (QED) is 0.0935. The van der Waals surface area contributed by atoms with Crippen LogP contribution in [-0.2, 0) is 9.59 Å². The minimum Gasteiger partial charge on any atom is -0.396 e. The third-order valence-corrected chi connectivity index (χ3v) is 5.78. The smallest absolute Gasteiger partial charge is 0.327 e. The molecule has 0 saturated carbocycles. The van der Waals surface area contributed by atoms with Crippen molar-refractivity contribution in [3.8, 4) is 0 Å². The van der Waals surface area contributed by atoms with Crippen molar-refractivity contribution in [2.24, 2.45) is 4.99 Å². The highest BCUT2D eigenvalue weighted by Gasteiger charge is 2.11. The molecule has 0 radical (unpaired) electrons. The van der Waals surface area contributed by atoms with Gasteiger partial charge in [-0.25, -0.2) is 0 Å². The number of hydrazine groups is 1. The summed E-state index contributed by atoms with van der Waals surface area (Å²) in [5, 5.41) is 15.2. The van der Waals surface area contributed by atoms with Gasteiger partial charge in [0.2, 0.25) is 0 Å². The number of thioether (sulfide) groups is 2. The van der Waals surface area contributed by atoms with Crippen molar-refractivity contribution in [3.05, 3.63) is 24.3 Å². The molecule has 0 fully saturated rings. The Hall–Kier alpha value is -1.91. The van der Waals surface area contributed by atoms with Gasteiger partial charge < -0.3 is 15.7 Å². The molecule has 174 valence electrons. The molecule has 0 heterocycles. The first kappa shape index (κ1) is 27.1. The van der Waals surface area contributed by atoms with E-state index in [0.29, 0.717) is 12.1 Å². The molecule has 0 aromatic heterocycles. The molecule has 5 N–H and O–H groups in total. The van der Waals surface area contributed by atoms with Crippen molar-refractivity contribution in [1.82, 2.24) is 10.7 Å². The summed E-state index contributed by atoms with van der Waals surface area (Å²) in [6.07, 6.45) is 7.58. The average molecular weight is 470 g/mol. The summed E-state index contributed by atoms with van der Waals surface area (Å²) < 4.78 is 0. The van der Waals surface area contributed by atoms with E-state index in [9.17, 15) is 9.59 Å². The number of anilines is 2. The molecule has 8 nitrogen and oxygen atoms in total. The summed E-state index contributed by atoms with van der Waals surface area (Å²) in [7, 11) is 0. The maximum Gasteiger partial charge on any atom is 0.327 e. The number of carbonyl (C=O) groups excluding carboxylic acids is 2. The molecular weight excluding hydrogens is 434 g/mol. The van der Waals surface area contributed by atoms with Crippen LogP contribution in [0, 0.1) is 0 Å². The summed E-state index contributed by atoms with van der Waals surface area (Å²) in [5.74, 6) is 0.681. The largest absolute Gasteiger partial charge is 0.396 e. The lowest BCUT2D eigenvalue weighted by Gasteiger charge is -2.11. The van der Waals surface area contributed by atoms with Gasteiger partial charge in [0.25, 0.3) is 0 Å². The molecule has 0 unspecified atom stereocenters. The van der Waals surface area contributed by atoms with E-state index in [-0.39, 0.29) is 13.2 Å². The van der Waals surface area contributed by atoms with E-state index in [0.717, 1.165) is 23.2 Å². The van der Waals surface area contributed by atoms with Crippen LogP contribution in [0.25, 0.3) is 0 Å². The summed E-state index contributed by atoms with van der Waals surface area (Å²) in [6, 6.07) is 7.31. The van der Waals surface area contributed by atoms with Crippen LogP contribution in [0.3, 0.4) is 0 Å². The lowest BCUT2D eigenvalue weighted by molar-refractivity contribution is -0.138. The van der Waals surface area contributed by atoms with Crippen molar-refractivity contribution in [1.29, 1.82) is 0 Å². The fraction of sp³-hybridized carbons (Fsp3) is 0.571. The Balaban J connectivity index is 2.34. The predicted octanol–water partition coefficient (Wildman–Crippen LogP) is 3.07. The predicted molar refractivity (Wildman–Crippen MR) is 134 cm³/mol. The van der Waals surface area contributed by atoms with E-state index < -0.39 is 11.8 Å². The van der Waals surface area contributed by atoms with Crippen LogP contribution in [0.5, 0.6) is 0 Å². The molecule has 2 amide bonds. The van der Waals surface area contributed by atoms with E-state index in [1.165, 1.54) is 31.4 Å². The third kappa shape index (κ3) is 13.2. The van der Waals surface area contributed by atoms with E-state index >= 15 is 0 Å². The standard InChI is InChI=1S/C21H35N5O3S2/c1-3-4-5-6-15-31-16-13-23-21(30-2)24-17-8-10-18(11-9-17)25-26-20(29)19(28)22-12-7-14-27/h8-11,25,27H,3-7,12-16H2,1-2H3,(H,22,28)(H,23,24)(H,26,29). The minimum absolute atomic E-state index is 0.0401. The van der Waals surface area contributed by atoms with Gasteiger partial charge in [-0.3, -0.25) is 25.4 Å². The number of nitrogens with one attached hydrogen (secondary N) is 4. The van der Waals surface area contributed by atoms with Gasteiger partial charge in [-0.05, 0) is 49.1 Å². The van der Waals surface area contributed by atoms with Gasteiger partial charge in [0, 0.05) is 24.6 Å². The van der Waals surface area contributed by atoms with Gasteiger partial charge in [-0.15, -0.1) is 0 Å². The Labute approximate surface area is 193 Å². The molecule has 10 heteroatoms. The Morgan fingerprint density at radius 2 is 1.74 bits per heavy atom. The van der Waals surface area contributed by atoms with Gasteiger partial charge in [0.15, 0.2) is 5.17 Å². The fourth-order valence-corrected chi connectivity index (χ4v) is 3.68. The van der Waals surface area contributed by atoms with Crippen LogP contribution in [0.1, 0.15) is 39.0 Å². The molecular formula is C21H35N5O3S2. The van der Waals surface area contributed by atoms with Gasteiger partial charge in [-0.1, -0.05) is 37.9 Å². The highest BCUT2D eigenvalue weighted by atomic mass is 32.2. The third-order valence-electron chi connectivity index (χ3n) is 4.11. The van der Waals surface area contributed by atoms with Crippen molar-refractivity contribution in [3.63, 3.8) is 0 Å². The molecule has 1 aromatic rings. The number of aliphatic hydroxyl groups is 1. The second-order valence-electron chi connectivity index (χ2n) is 6.68. The van der Waals surface area contributed by atoms with Crippen LogP contribution < -0.4 is 21.5 Å². The zero-order chi connectivity index (χ0) is 22.7. The molecule has 0 atom stereocenters. The number of amides is 2. The van der Waals surface area contributed by atoms with Gasteiger partial charge in [0.1, 0.15) is 0 Å². The molecule has 0 aliphatic carbocycles. The number of benzene rings is 1. The zero-order valence-electron chi connectivity index (χ0n) is 18.4. The van der Waals surface area contributed by atoms with Crippen molar-refractivity contribution < 1.29 is 14.7 Å². The number of carbonyl (C=O) groups is 2. The molecule has 31 heavy (non-hydrogen) atoms. The molecule has 0 spiro atoms. The summed E-state index contributed by atoms with van der Waals surface area (Å²) in [6.45, 7) is 3.22. The molecule has 0 aliphatic heterocycles. The molecule has 0 bridgehead atoms. The van der Waals surface area contributed by atoms with Crippen LogP contribution in [0.15, 0.2) is 29.3 Å².